The maximum absolute atomic E-state index is 4.55. The van der Waals surface area contributed by atoms with Gasteiger partial charge in [0.05, 0.1) is 0 Å². The lowest BCUT2D eigenvalue weighted by Gasteiger charge is -2.21. The number of hydrogen-bond donors (Lipinski definition) is 1. The van der Waals surface area contributed by atoms with E-state index in [1.54, 1.807) is 0 Å². The monoisotopic (exact) mass is 247 g/mol. The van der Waals surface area contributed by atoms with Gasteiger partial charge in [-0.25, -0.2) is 4.98 Å². The number of hydrogen-bond acceptors (Lipinski definition) is 3. The SMILES string of the molecule is CCCNCc1cccnc1N(C)CC1CC1C. The molecule has 100 valence electrons. The molecule has 0 spiro atoms. The van der Waals surface area contributed by atoms with Crippen LogP contribution in [-0.4, -0.2) is 25.1 Å². The number of nitrogens with one attached hydrogen (secondary N) is 1. The maximum atomic E-state index is 4.55. The Morgan fingerprint density at radius 2 is 2.28 bits per heavy atom. The van der Waals surface area contributed by atoms with Gasteiger partial charge in [0.15, 0.2) is 0 Å². The first-order chi connectivity index (χ1) is 8.72. The summed E-state index contributed by atoms with van der Waals surface area (Å²) in [4.78, 5) is 6.87. The zero-order valence-corrected chi connectivity index (χ0v) is 11.8. The highest BCUT2D eigenvalue weighted by atomic mass is 15.2. The summed E-state index contributed by atoms with van der Waals surface area (Å²) >= 11 is 0. The molecule has 1 aliphatic carbocycles. The lowest BCUT2D eigenvalue weighted by molar-refractivity contribution is 0.666. The van der Waals surface area contributed by atoms with Gasteiger partial charge in [0, 0.05) is 31.9 Å². The Balaban J connectivity index is 1.96. The van der Waals surface area contributed by atoms with E-state index in [0.29, 0.717) is 0 Å². The molecule has 2 rings (SSSR count). The van der Waals surface area contributed by atoms with Gasteiger partial charge in [-0.3, -0.25) is 0 Å². The average Bonchev–Trinajstić information content (AvgIpc) is 3.05. The summed E-state index contributed by atoms with van der Waals surface area (Å²) in [5, 5.41) is 3.46. The van der Waals surface area contributed by atoms with Crippen molar-refractivity contribution in [3.63, 3.8) is 0 Å². The van der Waals surface area contributed by atoms with E-state index in [4.69, 9.17) is 0 Å². The third kappa shape index (κ3) is 3.45. The molecule has 1 aromatic rings. The van der Waals surface area contributed by atoms with Crippen molar-refractivity contribution in [2.75, 3.05) is 25.0 Å². The molecule has 1 N–H and O–H groups in total. The molecule has 2 atom stereocenters. The number of anilines is 1. The second-order valence-corrected chi connectivity index (χ2v) is 5.52. The van der Waals surface area contributed by atoms with Crippen LogP contribution >= 0.6 is 0 Å². The highest BCUT2D eigenvalue weighted by Crippen LogP contribution is 2.38. The van der Waals surface area contributed by atoms with Gasteiger partial charge in [0.2, 0.25) is 0 Å². The molecule has 3 heteroatoms. The Hall–Kier alpha value is -1.09. The number of nitrogens with zero attached hydrogens (tertiary/aromatic N) is 2. The molecule has 1 aliphatic rings. The highest BCUT2D eigenvalue weighted by molar-refractivity contribution is 5.46. The first kappa shape index (κ1) is 13.3. The summed E-state index contributed by atoms with van der Waals surface area (Å²) in [7, 11) is 2.16. The van der Waals surface area contributed by atoms with Crippen molar-refractivity contribution in [2.24, 2.45) is 11.8 Å². The van der Waals surface area contributed by atoms with Gasteiger partial charge in [-0.2, -0.15) is 0 Å². The lowest BCUT2D eigenvalue weighted by Crippen LogP contribution is -2.24. The van der Waals surface area contributed by atoms with Crippen LogP contribution in [0.25, 0.3) is 0 Å². The lowest BCUT2D eigenvalue weighted by atomic mass is 10.2. The second kappa shape index (κ2) is 6.19. The first-order valence-corrected chi connectivity index (χ1v) is 7.08. The van der Waals surface area contributed by atoms with Crippen LogP contribution in [0.2, 0.25) is 0 Å². The van der Waals surface area contributed by atoms with Crippen molar-refractivity contribution >= 4 is 5.82 Å². The van der Waals surface area contributed by atoms with Crippen LogP contribution in [0.15, 0.2) is 18.3 Å². The van der Waals surface area contributed by atoms with Gasteiger partial charge in [0.25, 0.3) is 0 Å². The predicted molar refractivity (Wildman–Crippen MR) is 76.8 cm³/mol. The van der Waals surface area contributed by atoms with Gasteiger partial charge in [0.1, 0.15) is 5.82 Å². The molecule has 1 heterocycles. The normalized spacial score (nSPS) is 21.9. The van der Waals surface area contributed by atoms with Crippen molar-refractivity contribution in [1.29, 1.82) is 0 Å². The molecule has 0 radical (unpaired) electrons. The Labute approximate surface area is 111 Å². The third-order valence-electron chi connectivity index (χ3n) is 3.76. The Morgan fingerprint density at radius 3 is 2.94 bits per heavy atom. The topological polar surface area (TPSA) is 28.2 Å². The van der Waals surface area contributed by atoms with E-state index in [0.717, 1.165) is 37.3 Å². The first-order valence-electron chi connectivity index (χ1n) is 7.08. The minimum absolute atomic E-state index is 0.869. The van der Waals surface area contributed by atoms with Crippen LogP contribution in [0.4, 0.5) is 5.82 Å². The summed E-state index contributed by atoms with van der Waals surface area (Å²) in [6, 6.07) is 4.21. The predicted octanol–water partition coefficient (Wildman–Crippen LogP) is 2.67. The molecule has 0 aliphatic heterocycles. The van der Waals surface area contributed by atoms with E-state index in [1.165, 1.54) is 18.4 Å². The number of rotatable bonds is 7. The summed E-state index contributed by atoms with van der Waals surface area (Å²) in [5.74, 6) is 2.91. The van der Waals surface area contributed by atoms with E-state index in [1.807, 2.05) is 12.3 Å². The van der Waals surface area contributed by atoms with Crippen molar-refractivity contribution in [3.8, 4) is 0 Å². The van der Waals surface area contributed by atoms with Crippen LogP contribution in [0.1, 0.15) is 32.3 Å². The molecule has 18 heavy (non-hydrogen) atoms. The smallest absolute Gasteiger partial charge is 0.132 e. The van der Waals surface area contributed by atoms with Crippen LogP contribution in [0.5, 0.6) is 0 Å². The van der Waals surface area contributed by atoms with E-state index < -0.39 is 0 Å². The van der Waals surface area contributed by atoms with E-state index in [-0.39, 0.29) is 0 Å². The summed E-state index contributed by atoms with van der Waals surface area (Å²) < 4.78 is 0. The standard InChI is InChI=1S/C15H25N3/c1-4-7-16-10-13-6-5-8-17-15(13)18(3)11-14-9-12(14)2/h5-6,8,12,14,16H,4,7,9-11H2,1-3H3. The molecule has 0 aromatic carbocycles. The Kier molecular flexibility index (Phi) is 4.59. The Morgan fingerprint density at radius 1 is 1.50 bits per heavy atom. The van der Waals surface area contributed by atoms with Gasteiger partial charge in [-0.15, -0.1) is 0 Å². The van der Waals surface area contributed by atoms with Crippen LogP contribution in [0, 0.1) is 11.8 Å². The Bertz CT molecular complexity index is 378. The molecule has 2 unspecified atom stereocenters. The fraction of sp³-hybridized carbons (Fsp3) is 0.667. The molecular formula is C15H25N3. The van der Waals surface area contributed by atoms with Crippen LogP contribution in [0.3, 0.4) is 0 Å². The second-order valence-electron chi connectivity index (χ2n) is 5.52. The van der Waals surface area contributed by atoms with Crippen LogP contribution in [-0.2, 0) is 6.54 Å². The quantitative estimate of drug-likeness (QED) is 0.751. The maximum Gasteiger partial charge on any atom is 0.132 e. The summed E-state index contributed by atoms with van der Waals surface area (Å²) in [6.45, 7) is 7.65. The van der Waals surface area contributed by atoms with Gasteiger partial charge in [-0.05, 0) is 37.3 Å². The van der Waals surface area contributed by atoms with E-state index >= 15 is 0 Å². The van der Waals surface area contributed by atoms with E-state index in [2.05, 4.69) is 42.2 Å². The van der Waals surface area contributed by atoms with Crippen molar-refractivity contribution in [3.05, 3.63) is 23.9 Å². The summed E-state index contributed by atoms with van der Waals surface area (Å²) in [6.07, 6.45) is 4.44. The van der Waals surface area contributed by atoms with Gasteiger partial charge in [-0.1, -0.05) is 19.9 Å². The largest absolute Gasteiger partial charge is 0.359 e. The average molecular weight is 247 g/mol. The molecule has 0 bridgehead atoms. The van der Waals surface area contributed by atoms with E-state index in [9.17, 15) is 0 Å². The molecular weight excluding hydrogens is 222 g/mol. The van der Waals surface area contributed by atoms with Crippen molar-refractivity contribution < 1.29 is 0 Å². The van der Waals surface area contributed by atoms with Crippen molar-refractivity contribution in [1.82, 2.24) is 10.3 Å². The number of aromatic nitrogens is 1. The van der Waals surface area contributed by atoms with Gasteiger partial charge < -0.3 is 10.2 Å². The molecule has 0 saturated heterocycles. The van der Waals surface area contributed by atoms with Crippen molar-refractivity contribution in [2.45, 2.75) is 33.2 Å². The fourth-order valence-electron chi connectivity index (χ4n) is 2.40. The zero-order chi connectivity index (χ0) is 13.0. The molecule has 1 aromatic heterocycles. The molecule has 3 nitrogen and oxygen atoms in total. The third-order valence-corrected chi connectivity index (χ3v) is 3.76. The molecule has 1 fully saturated rings. The highest BCUT2D eigenvalue weighted by Gasteiger charge is 2.33. The zero-order valence-electron chi connectivity index (χ0n) is 11.8. The molecule has 0 amide bonds. The summed E-state index contributed by atoms with van der Waals surface area (Å²) in [5.41, 5.74) is 1.31. The number of pyridine rings is 1. The fourth-order valence-corrected chi connectivity index (χ4v) is 2.40. The van der Waals surface area contributed by atoms with Crippen LogP contribution < -0.4 is 10.2 Å². The minimum Gasteiger partial charge on any atom is -0.359 e. The van der Waals surface area contributed by atoms with Gasteiger partial charge >= 0.3 is 0 Å². The molecule has 1 saturated carbocycles. The minimum atomic E-state index is 0.869.